The Hall–Kier alpha value is -1.81. The molecule has 0 radical (unpaired) electrons. The molecule has 1 N–H and O–H groups in total. The zero-order valence-electron chi connectivity index (χ0n) is 11.3. The molecule has 0 atom stereocenters. The molecule has 4 heteroatoms. The lowest BCUT2D eigenvalue weighted by atomic mass is 10.1. The van der Waals surface area contributed by atoms with Crippen LogP contribution in [0.4, 0.5) is 5.69 Å². The molecule has 2 aromatic carbocycles. The number of anilines is 1. The van der Waals surface area contributed by atoms with Gasteiger partial charge in [-0.15, -0.1) is 0 Å². The van der Waals surface area contributed by atoms with Gasteiger partial charge in [0.1, 0.15) is 0 Å². The second-order valence-electron chi connectivity index (χ2n) is 4.67. The standard InChI is InChI=1S/C15H17NO2S/c1-11-9-12(2)13(3)15(10-11)16-19(17,18)14-7-5-4-6-8-14/h4-10,16H,1-3H3. The second kappa shape index (κ2) is 5.05. The molecule has 0 heterocycles. The van der Waals surface area contributed by atoms with Gasteiger partial charge in [-0.2, -0.15) is 0 Å². The summed E-state index contributed by atoms with van der Waals surface area (Å²) in [5, 5.41) is 0. The fourth-order valence-corrected chi connectivity index (χ4v) is 3.08. The van der Waals surface area contributed by atoms with E-state index in [1.807, 2.05) is 32.9 Å². The van der Waals surface area contributed by atoms with Gasteiger partial charge in [0.2, 0.25) is 0 Å². The highest BCUT2D eigenvalue weighted by Crippen LogP contribution is 2.23. The van der Waals surface area contributed by atoms with Crippen molar-refractivity contribution in [3.8, 4) is 0 Å². The minimum absolute atomic E-state index is 0.272. The first-order valence-electron chi connectivity index (χ1n) is 6.06. The molecule has 0 aliphatic heterocycles. The molecule has 2 rings (SSSR count). The first-order chi connectivity index (χ1) is 8.90. The molecule has 0 aliphatic carbocycles. The van der Waals surface area contributed by atoms with Crippen LogP contribution in [0.25, 0.3) is 0 Å². The van der Waals surface area contributed by atoms with Crippen LogP contribution in [0.2, 0.25) is 0 Å². The fourth-order valence-electron chi connectivity index (χ4n) is 1.95. The highest BCUT2D eigenvalue weighted by molar-refractivity contribution is 7.92. The van der Waals surface area contributed by atoms with Crippen LogP contribution in [-0.4, -0.2) is 8.42 Å². The maximum absolute atomic E-state index is 12.3. The summed E-state index contributed by atoms with van der Waals surface area (Å²) in [6.45, 7) is 5.84. The van der Waals surface area contributed by atoms with Crippen molar-refractivity contribution in [3.05, 3.63) is 59.2 Å². The predicted molar refractivity (Wildman–Crippen MR) is 77.9 cm³/mol. The summed E-state index contributed by atoms with van der Waals surface area (Å²) in [5.74, 6) is 0. The highest BCUT2D eigenvalue weighted by Gasteiger charge is 2.15. The van der Waals surface area contributed by atoms with E-state index < -0.39 is 10.0 Å². The molecule has 0 saturated heterocycles. The SMILES string of the molecule is Cc1cc(C)c(C)c(NS(=O)(=O)c2ccccc2)c1. The van der Waals surface area contributed by atoms with Crippen molar-refractivity contribution in [2.45, 2.75) is 25.7 Å². The molecule has 2 aromatic rings. The van der Waals surface area contributed by atoms with Gasteiger partial charge in [0.25, 0.3) is 10.0 Å². The molecule has 100 valence electrons. The lowest BCUT2D eigenvalue weighted by Gasteiger charge is -2.13. The molecular formula is C15H17NO2S. The molecule has 0 fully saturated rings. The summed E-state index contributed by atoms with van der Waals surface area (Å²) < 4.78 is 27.2. The van der Waals surface area contributed by atoms with Crippen LogP contribution in [0, 0.1) is 20.8 Å². The summed E-state index contributed by atoms with van der Waals surface area (Å²) in [6.07, 6.45) is 0. The monoisotopic (exact) mass is 275 g/mol. The van der Waals surface area contributed by atoms with Crippen molar-refractivity contribution in [2.24, 2.45) is 0 Å². The number of aryl methyl sites for hydroxylation is 2. The quantitative estimate of drug-likeness (QED) is 0.933. The molecule has 0 aliphatic rings. The van der Waals surface area contributed by atoms with E-state index in [9.17, 15) is 8.42 Å². The molecule has 0 bridgehead atoms. The first kappa shape index (κ1) is 13.6. The molecule has 0 amide bonds. The third-order valence-electron chi connectivity index (χ3n) is 3.11. The summed E-state index contributed by atoms with van der Waals surface area (Å²) in [5.41, 5.74) is 3.70. The van der Waals surface area contributed by atoms with Gasteiger partial charge in [-0.05, 0) is 55.7 Å². The van der Waals surface area contributed by atoms with Gasteiger partial charge in [0.15, 0.2) is 0 Å². The van der Waals surface area contributed by atoms with Gasteiger partial charge in [0.05, 0.1) is 10.6 Å². The Kier molecular flexibility index (Phi) is 3.62. The molecule has 0 unspecified atom stereocenters. The van der Waals surface area contributed by atoms with Crippen LogP contribution in [0.3, 0.4) is 0 Å². The number of rotatable bonds is 3. The Morgan fingerprint density at radius 2 is 1.58 bits per heavy atom. The Labute approximate surface area is 114 Å². The summed E-state index contributed by atoms with van der Waals surface area (Å²) >= 11 is 0. The van der Waals surface area contributed by atoms with E-state index in [2.05, 4.69) is 4.72 Å². The number of benzene rings is 2. The van der Waals surface area contributed by atoms with Crippen molar-refractivity contribution in [1.29, 1.82) is 0 Å². The van der Waals surface area contributed by atoms with E-state index in [1.54, 1.807) is 30.3 Å². The van der Waals surface area contributed by atoms with E-state index in [4.69, 9.17) is 0 Å². The van der Waals surface area contributed by atoms with Crippen LogP contribution in [0.5, 0.6) is 0 Å². The van der Waals surface area contributed by atoms with Crippen LogP contribution in [-0.2, 0) is 10.0 Å². The maximum atomic E-state index is 12.3. The van der Waals surface area contributed by atoms with Crippen molar-refractivity contribution in [3.63, 3.8) is 0 Å². The lowest BCUT2D eigenvalue weighted by molar-refractivity contribution is 0.601. The van der Waals surface area contributed by atoms with Gasteiger partial charge >= 0.3 is 0 Å². The second-order valence-corrected chi connectivity index (χ2v) is 6.36. The fraction of sp³-hybridized carbons (Fsp3) is 0.200. The highest BCUT2D eigenvalue weighted by atomic mass is 32.2. The third kappa shape index (κ3) is 2.96. The molecule has 0 spiro atoms. The summed E-state index contributed by atoms with van der Waals surface area (Å²) in [7, 11) is -3.52. The van der Waals surface area contributed by atoms with Crippen LogP contribution in [0.1, 0.15) is 16.7 Å². The number of nitrogens with one attached hydrogen (secondary N) is 1. The largest absolute Gasteiger partial charge is 0.279 e. The number of hydrogen-bond donors (Lipinski definition) is 1. The Morgan fingerprint density at radius 1 is 0.947 bits per heavy atom. The smallest absolute Gasteiger partial charge is 0.261 e. The van der Waals surface area contributed by atoms with Crippen LogP contribution >= 0.6 is 0 Å². The van der Waals surface area contributed by atoms with E-state index in [1.165, 1.54) is 0 Å². The molecule has 0 saturated carbocycles. The van der Waals surface area contributed by atoms with Gasteiger partial charge in [-0.1, -0.05) is 24.3 Å². The van der Waals surface area contributed by atoms with Crippen molar-refractivity contribution >= 4 is 15.7 Å². The third-order valence-corrected chi connectivity index (χ3v) is 4.49. The molecule has 19 heavy (non-hydrogen) atoms. The number of hydrogen-bond acceptors (Lipinski definition) is 2. The van der Waals surface area contributed by atoms with Gasteiger partial charge in [-0.25, -0.2) is 8.42 Å². The van der Waals surface area contributed by atoms with Crippen LogP contribution in [0.15, 0.2) is 47.4 Å². The van der Waals surface area contributed by atoms with Crippen molar-refractivity contribution in [1.82, 2.24) is 0 Å². The topological polar surface area (TPSA) is 46.2 Å². The molecule has 0 aromatic heterocycles. The van der Waals surface area contributed by atoms with E-state index in [0.29, 0.717) is 5.69 Å². The van der Waals surface area contributed by atoms with E-state index in [0.717, 1.165) is 16.7 Å². The normalized spacial score (nSPS) is 11.3. The average molecular weight is 275 g/mol. The van der Waals surface area contributed by atoms with Crippen molar-refractivity contribution < 1.29 is 8.42 Å². The zero-order chi connectivity index (χ0) is 14.0. The first-order valence-corrected chi connectivity index (χ1v) is 7.54. The van der Waals surface area contributed by atoms with E-state index in [-0.39, 0.29) is 4.90 Å². The Balaban J connectivity index is 2.42. The zero-order valence-corrected chi connectivity index (χ0v) is 12.1. The molecular weight excluding hydrogens is 258 g/mol. The number of sulfonamides is 1. The summed E-state index contributed by atoms with van der Waals surface area (Å²) in [6, 6.07) is 12.3. The van der Waals surface area contributed by atoms with Gasteiger partial charge in [0, 0.05) is 0 Å². The minimum Gasteiger partial charge on any atom is -0.279 e. The molecule has 3 nitrogen and oxygen atoms in total. The predicted octanol–water partition coefficient (Wildman–Crippen LogP) is 3.41. The minimum atomic E-state index is -3.52. The van der Waals surface area contributed by atoms with E-state index >= 15 is 0 Å². The van der Waals surface area contributed by atoms with Gasteiger partial charge < -0.3 is 0 Å². The maximum Gasteiger partial charge on any atom is 0.261 e. The lowest BCUT2D eigenvalue weighted by Crippen LogP contribution is -2.14. The average Bonchev–Trinajstić information content (AvgIpc) is 2.36. The van der Waals surface area contributed by atoms with Crippen molar-refractivity contribution in [2.75, 3.05) is 4.72 Å². The van der Waals surface area contributed by atoms with Crippen LogP contribution < -0.4 is 4.72 Å². The Bertz CT molecular complexity index is 692. The van der Waals surface area contributed by atoms with Gasteiger partial charge in [-0.3, -0.25) is 4.72 Å². The Morgan fingerprint density at radius 3 is 2.21 bits per heavy atom. The summed E-state index contributed by atoms with van der Waals surface area (Å²) in [4.78, 5) is 0.272.